The summed E-state index contributed by atoms with van der Waals surface area (Å²) in [4.78, 5) is 10.3. The summed E-state index contributed by atoms with van der Waals surface area (Å²) in [5.41, 5.74) is 6.81. The van der Waals surface area contributed by atoms with Crippen molar-refractivity contribution in [1.29, 1.82) is 5.41 Å². The van der Waals surface area contributed by atoms with Gasteiger partial charge in [-0.25, -0.2) is 4.79 Å². The number of hydrazone groups is 1. The van der Waals surface area contributed by atoms with Crippen LogP contribution < -0.4 is 11.6 Å². The van der Waals surface area contributed by atoms with Crippen LogP contribution in [0.25, 0.3) is 6.08 Å². The molecule has 1 aromatic carbocycles. The third kappa shape index (κ3) is 4.26. The summed E-state index contributed by atoms with van der Waals surface area (Å²) in [6.07, 6.45) is 2.50. The van der Waals surface area contributed by atoms with Crippen LogP contribution >= 0.6 is 12.4 Å². The summed E-state index contributed by atoms with van der Waals surface area (Å²) < 4.78 is 0. The molecule has 0 saturated carbocycles. The number of nitrogens with two attached hydrogens (primary N) is 2. The molecule has 0 aliphatic rings. The van der Waals surface area contributed by atoms with Gasteiger partial charge in [0.15, 0.2) is 0 Å². The van der Waals surface area contributed by atoms with Crippen molar-refractivity contribution in [2.24, 2.45) is 16.7 Å². The van der Waals surface area contributed by atoms with Crippen molar-refractivity contribution in [2.75, 3.05) is 0 Å². The first-order valence-corrected chi connectivity index (χ1v) is 4.68. The molecule has 0 saturated heterocycles. The number of carboxylic acid groups (broad SMARTS) is 1. The van der Waals surface area contributed by atoms with Crippen LogP contribution in [0.4, 0.5) is 0 Å². The average molecular weight is 269 g/mol. The van der Waals surface area contributed by atoms with Gasteiger partial charge >= 0.3 is 5.97 Å². The quantitative estimate of drug-likeness (QED) is 0.212. The molecule has 0 amide bonds. The van der Waals surface area contributed by atoms with Gasteiger partial charge in [0.25, 0.3) is 0 Å². The first kappa shape index (κ1) is 15.7. The summed E-state index contributed by atoms with van der Waals surface area (Å²) in [6.45, 7) is 0. The standard InChI is InChI=1S/C11H12N4O2.ClH/c12-11(13)10(15-14)8-4-1-7(2-5-8)3-6-9(16)17;/h1-6H,14H2,(H3,12,13)(H,16,17);1H. The van der Waals surface area contributed by atoms with E-state index in [0.29, 0.717) is 5.56 Å². The number of nitrogens with one attached hydrogen (secondary N) is 1. The number of carbonyl (C=O) groups is 1. The molecule has 1 aromatic rings. The van der Waals surface area contributed by atoms with E-state index in [1.807, 2.05) is 0 Å². The van der Waals surface area contributed by atoms with Crippen molar-refractivity contribution >= 4 is 36.0 Å². The van der Waals surface area contributed by atoms with E-state index < -0.39 is 5.97 Å². The Morgan fingerprint density at radius 1 is 1.33 bits per heavy atom. The van der Waals surface area contributed by atoms with Crippen LogP contribution in [0.3, 0.4) is 0 Å². The molecule has 96 valence electrons. The largest absolute Gasteiger partial charge is 0.478 e. The molecule has 0 aliphatic heterocycles. The number of benzene rings is 1. The first-order valence-electron chi connectivity index (χ1n) is 4.68. The maximum atomic E-state index is 10.3. The van der Waals surface area contributed by atoms with Gasteiger partial charge in [-0.1, -0.05) is 24.3 Å². The fraction of sp³-hybridized carbons (Fsp3) is 0. The number of hydrogen-bond acceptors (Lipinski definition) is 4. The highest BCUT2D eigenvalue weighted by Gasteiger charge is 2.05. The third-order valence-corrected chi connectivity index (χ3v) is 1.99. The van der Waals surface area contributed by atoms with Crippen LogP contribution in [0.2, 0.25) is 0 Å². The van der Waals surface area contributed by atoms with E-state index in [9.17, 15) is 4.79 Å². The lowest BCUT2D eigenvalue weighted by atomic mass is 10.1. The molecule has 0 bridgehead atoms. The lowest BCUT2D eigenvalue weighted by Gasteiger charge is -2.03. The first-order chi connectivity index (χ1) is 8.04. The zero-order valence-corrected chi connectivity index (χ0v) is 10.1. The smallest absolute Gasteiger partial charge is 0.328 e. The van der Waals surface area contributed by atoms with Crippen molar-refractivity contribution in [3.63, 3.8) is 0 Å². The predicted octanol–water partition coefficient (Wildman–Crippen LogP) is 0.805. The zero-order chi connectivity index (χ0) is 12.8. The normalized spacial score (nSPS) is 11.0. The maximum absolute atomic E-state index is 10.3. The Morgan fingerprint density at radius 2 is 1.89 bits per heavy atom. The van der Waals surface area contributed by atoms with Gasteiger partial charge in [0.05, 0.1) is 0 Å². The highest BCUT2D eigenvalue weighted by atomic mass is 35.5. The van der Waals surface area contributed by atoms with Gasteiger partial charge in [0.1, 0.15) is 11.5 Å². The van der Waals surface area contributed by atoms with E-state index in [1.165, 1.54) is 6.08 Å². The van der Waals surface area contributed by atoms with Gasteiger partial charge in [0.2, 0.25) is 0 Å². The van der Waals surface area contributed by atoms with Crippen LogP contribution in [-0.4, -0.2) is 22.6 Å². The van der Waals surface area contributed by atoms with Gasteiger partial charge < -0.3 is 16.7 Å². The molecular weight excluding hydrogens is 256 g/mol. The number of amidine groups is 1. The summed E-state index contributed by atoms with van der Waals surface area (Å²) in [5, 5.41) is 19.1. The summed E-state index contributed by atoms with van der Waals surface area (Å²) >= 11 is 0. The summed E-state index contributed by atoms with van der Waals surface area (Å²) in [5.74, 6) is 3.88. The molecule has 0 heterocycles. The van der Waals surface area contributed by atoms with Crippen molar-refractivity contribution in [3.05, 3.63) is 41.5 Å². The molecular formula is C11H13ClN4O2. The molecule has 0 aliphatic carbocycles. The molecule has 6 N–H and O–H groups in total. The Balaban J connectivity index is 0.00000289. The van der Waals surface area contributed by atoms with Crippen LogP contribution in [0, 0.1) is 5.41 Å². The number of rotatable bonds is 4. The van der Waals surface area contributed by atoms with Gasteiger partial charge in [-0.2, -0.15) is 5.10 Å². The topological polar surface area (TPSA) is 126 Å². The molecule has 0 radical (unpaired) electrons. The van der Waals surface area contributed by atoms with E-state index >= 15 is 0 Å². The van der Waals surface area contributed by atoms with Crippen molar-refractivity contribution in [1.82, 2.24) is 0 Å². The Labute approximate surface area is 110 Å². The van der Waals surface area contributed by atoms with E-state index in [1.54, 1.807) is 24.3 Å². The zero-order valence-electron chi connectivity index (χ0n) is 9.33. The molecule has 18 heavy (non-hydrogen) atoms. The van der Waals surface area contributed by atoms with Crippen LogP contribution in [0.1, 0.15) is 11.1 Å². The van der Waals surface area contributed by atoms with E-state index in [-0.39, 0.29) is 24.0 Å². The molecule has 0 atom stereocenters. The Bertz CT molecular complexity index is 494. The molecule has 0 spiro atoms. The fourth-order valence-corrected chi connectivity index (χ4v) is 1.22. The van der Waals surface area contributed by atoms with E-state index in [2.05, 4.69) is 5.10 Å². The monoisotopic (exact) mass is 268 g/mol. The van der Waals surface area contributed by atoms with Gasteiger partial charge in [-0.05, 0) is 11.6 Å². The maximum Gasteiger partial charge on any atom is 0.328 e. The fourth-order valence-electron chi connectivity index (χ4n) is 1.22. The van der Waals surface area contributed by atoms with E-state index in [4.69, 9.17) is 22.1 Å². The lowest BCUT2D eigenvalue weighted by molar-refractivity contribution is -0.131. The van der Waals surface area contributed by atoms with Gasteiger partial charge in [0, 0.05) is 11.6 Å². The minimum Gasteiger partial charge on any atom is -0.478 e. The minimum absolute atomic E-state index is 0. The number of hydrogen-bond donors (Lipinski definition) is 4. The van der Waals surface area contributed by atoms with Crippen molar-refractivity contribution in [2.45, 2.75) is 0 Å². The molecule has 6 nitrogen and oxygen atoms in total. The van der Waals surface area contributed by atoms with Crippen LogP contribution in [-0.2, 0) is 4.79 Å². The Morgan fingerprint density at radius 3 is 2.28 bits per heavy atom. The second-order valence-electron chi connectivity index (χ2n) is 3.18. The Hall–Kier alpha value is -2.34. The molecule has 7 heteroatoms. The highest BCUT2D eigenvalue weighted by molar-refractivity contribution is 6.45. The summed E-state index contributed by atoms with van der Waals surface area (Å²) in [6, 6.07) is 6.69. The van der Waals surface area contributed by atoms with Crippen molar-refractivity contribution in [3.8, 4) is 0 Å². The number of carboxylic acids is 1. The predicted molar refractivity (Wildman–Crippen MR) is 73.0 cm³/mol. The van der Waals surface area contributed by atoms with Gasteiger partial charge in [-0.15, -0.1) is 12.4 Å². The molecule has 0 unspecified atom stereocenters. The SMILES string of the molecule is Cl.N=C(N)C(=NN)c1ccc(C=CC(=O)O)cc1. The molecule has 0 aromatic heterocycles. The van der Waals surface area contributed by atoms with E-state index in [0.717, 1.165) is 11.6 Å². The lowest BCUT2D eigenvalue weighted by Crippen LogP contribution is -2.24. The van der Waals surface area contributed by atoms with Crippen molar-refractivity contribution < 1.29 is 9.90 Å². The highest BCUT2D eigenvalue weighted by Crippen LogP contribution is 2.07. The number of halogens is 1. The number of nitrogens with zero attached hydrogens (tertiary/aromatic N) is 1. The number of aliphatic carboxylic acids is 1. The molecule has 1 rings (SSSR count). The minimum atomic E-state index is -1.01. The van der Waals surface area contributed by atoms with Crippen LogP contribution in [0.15, 0.2) is 35.4 Å². The second kappa shape index (κ2) is 7.08. The molecule has 0 fully saturated rings. The average Bonchev–Trinajstić information content (AvgIpc) is 2.28. The third-order valence-electron chi connectivity index (χ3n) is 1.99. The Kier molecular flexibility index (Phi) is 6.16. The summed E-state index contributed by atoms with van der Waals surface area (Å²) in [7, 11) is 0. The second-order valence-corrected chi connectivity index (χ2v) is 3.18. The van der Waals surface area contributed by atoms with Gasteiger partial charge in [-0.3, -0.25) is 5.41 Å². The van der Waals surface area contributed by atoms with Crippen LogP contribution in [0.5, 0.6) is 0 Å².